The summed E-state index contributed by atoms with van der Waals surface area (Å²) in [5.41, 5.74) is 6.02. The van der Waals surface area contributed by atoms with E-state index in [2.05, 4.69) is 44.0 Å². The lowest BCUT2D eigenvalue weighted by Crippen LogP contribution is -2.51. The molecule has 0 unspecified atom stereocenters. The second-order valence-electron chi connectivity index (χ2n) is 16.2. The molecule has 14 nitrogen and oxygen atoms in total. The highest BCUT2D eigenvalue weighted by atomic mass is 16.5. The first-order valence-corrected chi connectivity index (χ1v) is 19.4. The van der Waals surface area contributed by atoms with Crippen molar-refractivity contribution in [2.75, 3.05) is 27.3 Å². The fraction of sp³-hybridized carbons (Fsp3) is 0.442. The van der Waals surface area contributed by atoms with Crippen LogP contribution in [0.4, 0.5) is 9.59 Å². The largest absolute Gasteiger partial charge is 0.453 e. The van der Waals surface area contributed by atoms with Crippen LogP contribution in [0.25, 0.3) is 22.3 Å². The maximum Gasteiger partial charge on any atom is 0.407 e. The highest BCUT2D eigenvalue weighted by Crippen LogP contribution is 2.58. The van der Waals surface area contributed by atoms with Crippen LogP contribution in [0.5, 0.6) is 0 Å². The van der Waals surface area contributed by atoms with E-state index in [1.165, 1.54) is 14.2 Å². The van der Waals surface area contributed by atoms with Crippen molar-refractivity contribution >= 4 is 35.0 Å². The van der Waals surface area contributed by atoms with Crippen molar-refractivity contribution in [2.24, 2.45) is 17.3 Å². The van der Waals surface area contributed by atoms with Gasteiger partial charge in [0.15, 0.2) is 0 Å². The van der Waals surface area contributed by atoms with E-state index in [1.807, 2.05) is 75.1 Å². The molecule has 4 aromatic rings. The molecule has 2 saturated heterocycles. The molecule has 0 bridgehead atoms. The summed E-state index contributed by atoms with van der Waals surface area (Å²) in [5.74, 6) is 7.31. The van der Waals surface area contributed by atoms with Gasteiger partial charge in [-0.15, -0.1) is 0 Å². The van der Waals surface area contributed by atoms with Crippen molar-refractivity contribution < 1.29 is 28.7 Å². The van der Waals surface area contributed by atoms with Crippen LogP contribution < -0.4 is 10.6 Å². The summed E-state index contributed by atoms with van der Waals surface area (Å²) >= 11 is 0. The molecular formula is C43H50N8O6. The fourth-order valence-corrected chi connectivity index (χ4v) is 7.90. The number of amides is 4. The lowest BCUT2D eigenvalue weighted by molar-refractivity contribution is -0.136. The van der Waals surface area contributed by atoms with E-state index < -0.39 is 24.3 Å². The van der Waals surface area contributed by atoms with Crippen molar-refractivity contribution in [1.29, 1.82) is 0 Å². The highest BCUT2D eigenvalue weighted by molar-refractivity contribution is 5.88. The second-order valence-corrected chi connectivity index (χ2v) is 16.2. The quantitative estimate of drug-likeness (QED) is 0.118. The zero-order chi connectivity index (χ0) is 40.6. The van der Waals surface area contributed by atoms with Gasteiger partial charge >= 0.3 is 12.2 Å². The minimum atomic E-state index is -0.746. The minimum absolute atomic E-state index is 0.105. The lowest BCUT2D eigenvalue weighted by Gasteiger charge is -2.30. The number of imidazole rings is 2. The van der Waals surface area contributed by atoms with Crippen LogP contribution in [0.2, 0.25) is 0 Å². The van der Waals surface area contributed by atoms with Crippen LogP contribution in [-0.2, 0) is 19.1 Å². The summed E-state index contributed by atoms with van der Waals surface area (Å²) in [6, 6.07) is 11.7. The van der Waals surface area contributed by atoms with Crippen LogP contribution in [0.1, 0.15) is 88.2 Å². The van der Waals surface area contributed by atoms with E-state index in [9.17, 15) is 19.2 Å². The first-order valence-electron chi connectivity index (χ1n) is 19.4. The number of benzene rings is 2. The summed E-state index contributed by atoms with van der Waals surface area (Å²) in [6.07, 6.45) is 4.02. The Kier molecular flexibility index (Phi) is 10.9. The average molecular weight is 775 g/mol. The SMILES string of the molecule is C=C1C[C@@H](c2ncc(-c3ccc(C#Cc4ccc5nc([C@@H]6CC7(CC7)CN6C(=O)[C@@H](NC(=O)OC)C(C)C)[nH]c5c4)cc3)[nH]2)N(C(=O)[C@@H](NC(=O)OC)C(C)C)C1. The van der Waals surface area contributed by atoms with Crippen LogP contribution in [0, 0.1) is 29.1 Å². The average Bonchev–Trinajstić information content (AvgIpc) is 3.62. The molecule has 4 heterocycles. The zero-order valence-corrected chi connectivity index (χ0v) is 33.3. The first-order chi connectivity index (χ1) is 27.3. The number of aromatic nitrogens is 4. The number of methoxy groups -OCH3 is 2. The number of hydrogen-bond donors (Lipinski definition) is 4. The molecule has 4 amide bonds. The molecule has 1 saturated carbocycles. The maximum atomic E-state index is 13.9. The van der Waals surface area contributed by atoms with Crippen molar-refractivity contribution in [3.63, 3.8) is 0 Å². The number of likely N-dealkylation sites (tertiary alicyclic amines) is 2. The van der Waals surface area contributed by atoms with E-state index >= 15 is 0 Å². The Morgan fingerprint density at radius 1 is 0.842 bits per heavy atom. The molecule has 14 heteroatoms. The standard InChI is InChI=1S/C43H50N8O6/c1-24(2)35(48-41(54)56-6)39(52)50-22-26(5)18-33(50)37-44-21-32(47-37)29-13-10-27(11-14-29)8-9-28-12-15-30-31(19-28)46-38(45-30)34-20-43(16-17-43)23-51(34)40(53)36(25(3)4)49-42(55)57-7/h10-15,19,21,24-25,33-36H,5,16-18,20,22-23H2,1-4,6-7H3,(H,44,47)(H,45,46)(H,48,54)(H,49,55)/t33-,34-,35-,36-/m0/s1. The highest BCUT2D eigenvalue weighted by Gasteiger charge is 2.55. The molecule has 3 fully saturated rings. The number of aromatic amines is 2. The Hall–Kier alpha value is -6.10. The van der Waals surface area contributed by atoms with Gasteiger partial charge in [0.2, 0.25) is 11.8 Å². The number of carbonyl (C=O) groups is 4. The van der Waals surface area contributed by atoms with Gasteiger partial charge in [-0.25, -0.2) is 19.6 Å². The van der Waals surface area contributed by atoms with Crippen molar-refractivity contribution in [2.45, 2.75) is 77.5 Å². The summed E-state index contributed by atoms with van der Waals surface area (Å²) in [5, 5.41) is 5.41. The van der Waals surface area contributed by atoms with Gasteiger partial charge in [-0.1, -0.05) is 63.8 Å². The van der Waals surface area contributed by atoms with E-state index in [1.54, 1.807) is 11.1 Å². The van der Waals surface area contributed by atoms with Gasteiger partial charge < -0.3 is 39.9 Å². The third-order valence-electron chi connectivity index (χ3n) is 11.3. The number of ether oxygens (including phenoxy) is 2. The Labute approximate surface area is 332 Å². The third kappa shape index (κ3) is 8.24. The van der Waals surface area contributed by atoms with Gasteiger partial charge in [-0.05, 0) is 78.8 Å². The number of fused-ring (bicyclic) bond motifs is 1. The molecule has 4 atom stereocenters. The number of alkyl carbamates (subject to hydrolysis) is 2. The molecule has 1 aliphatic carbocycles. The summed E-state index contributed by atoms with van der Waals surface area (Å²) < 4.78 is 9.56. The van der Waals surface area contributed by atoms with Crippen LogP contribution in [-0.4, -0.2) is 93.1 Å². The van der Waals surface area contributed by atoms with Gasteiger partial charge in [-0.3, -0.25) is 9.59 Å². The second kappa shape index (κ2) is 15.8. The summed E-state index contributed by atoms with van der Waals surface area (Å²) in [6.45, 7) is 12.7. The Bertz CT molecular complexity index is 2260. The molecule has 2 aliphatic heterocycles. The predicted octanol–water partition coefficient (Wildman–Crippen LogP) is 6.00. The van der Waals surface area contributed by atoms with Gasteiger partial charge in [0.1, 0.15) is 23.7 Å². The number of carbonyl (C=O) groups excluding carboxylic acids is 4. The van der Waals surface area contributed by atoms with Crippen molar-refractivity contribution in [3.8, 4) is 23.1 Å². The topological polar surface area (TPSA) is 175 Å². The Morgan fingerprint density at radius 2 is 1.46 bits per heavy atom. The molecule has 4 N–H and O–H groups in total. The van der Waals surface area contributed by atoms with E-state index in [0.29, 0.717) is 25.3 Å². The number of hydrogen-bond acceptors (Lipinski definition) is 8. The minimum Gasteiger partial charge on any atom is -0.453 e. The van der Waals surface area contributed by atoms with E-state index in [-0.39, 0.29) is 41.1 Å². The van der Waals surface area contributed by atoms with Crippen molar-refractivity contribution in [1.82, 2.24) is 40.4 Å². The molecule has 0 radical (unpaired) electrons. The molecule has 2 aromatic heterocycles. The van der Waals surface area contributed by atoms with Crippen LogP contribution in [0.15, 0.2) is 60.8 Å². The normalized spacial score (nSPS) is 19.4. The Morgan fingerprint density at radius 3 is 2.07 bits per heavy atom. The van der Waals surface area contributed by atoms with Gasteiger partial charge in [0.05, 0.1) is 49.2 Å². The Balaban J connectivity index is 1.04. The molecule has 3 aliphatic rings. The van der Waals surface area contributed by atoms with Crippen molar-refractivity contribution in [3.05, 3.63) is 83.6 Å². The maximum absolute atomic E-state index is 13.9. The third-order valence-corrected chi connectivity index (χ3v) is 11.3. The summed E-state index contributed by atoms with van der Waals surface area (Å²) in [7, 11) is 2.57. The molecule has 7 rings (SSSR count). The molecule has 2 aromatic carbocycles. The van der Waals surface area contributed by atoms with Crippen LogP contribution >= 0.6 is 0 Å². The molecule has 298 valence electrons. The van der Waals surface area contributed by atoms with E-state index in [0.717, 1.165) is 64.1 Å². The summed E-state index contributed by atoms with van der Waals surface area (Å²) in [4.78, 5) is 71.6. The van der Waals surface area contributed by atoms with Crippen LogP contribution in [0.3, 0.4) is 0 Å². The zero-order valence-electron chi connectivity index (χ0n) is 33.3. The molecule has 57 heavy (non-hydrogen) atoms. The lowest BCUT2D eigenvalue weighted by atomic mass is 10.0. The van der Waals surface area contributed by atoms with E-state index in [4.69, 9.17) is 14.5 Å². The number of nitrogens with one attached hydrogen (secondary N) is 4. The number of H-pyrrole nitrogens is 2. The van der Waals surface area contributed by atoms with Gasteiger partial charge in [-0.2, -0.15) is 0 Å². The smallest absolute Gasteiger partial charge is 0.407 e. The fourth-order valence-electron chi connectivity index (χ4n) is 7.90. The molecule has 1 spiro atoms. The molecular weight excluding hydrogens is 725 g/mol. The number of nitrogens with zero attached hydrogens (tertiary/aromatic N) is 4. The first kappa shape index (κ1) is 39.1. The van der Waals surface area contributed by atoms with Gasteiger partial charge in [0, 0.05) is 24.2 Å². The van der Waals surface area contributed by atoms with Gasteiger partial charge in [0.25, 0.3) is 0 Å². The monoisotopic (exact) mass is 774 g/mol. The predicted molar refractivity (Wildman–Crippen MR) is 213 cm³/mol. The number of rotatable bonds is 9.